The zero-order chi connectivity index (χ0) is 14.5. The quantitative estimate of drug-likeness (QED) is 0.590. The molecular formula is C16H16O4. The number of hydrogen-bond donors (Lipinski definition) is 0. The Bertz CT molecular complexity index is 703. The second-order valence-electron chi connectivity index (χ2n) is 6.24. The number of carbonyl (C=O) groups is 2. The van der Waals surface area contributed by atoms with Crippen LogP contribution in [-0.4, -0.2) is 11.9 Å². The molecule has 4 heteroatoms. The van der Waals surface area contributed by atoms with Crippen LogP contribution >= 0.6 is 0 Å². The number of benzene rings is 1. The lowest BCUT2D eigenvalue weighted by Crippen LogP contribution is -2.13. The van der Waals surface area contributed by atoms with Crippen LogP contribution in [0, 0.1) is 0 Å². The zero-order valence-corrected chi connectivity index (χ0v) is 11.7. The van der Waals surface area contributed by atoms with Crippen LogP contribution in [-0.2, 0) is 19.7 Å². The van der Waals surface area contributed by atoms with E-state index in [9.17, 15) is 9.59 Å². The summed E-state index contributed by atoms with van der Waals surface area (Å²) in [6.45, 7) is 6.32. The molecule has 0 aliphatic carbocycles. The van der Waals surface area contributed by atoms with E-state index in [1.807, 2.05) is 12.1 Å². The summed E-state index contributed by atoms with van der Waals surface area (Å²) < 4.78 is 9.93. The third-order valence-corrected chi connectivity index (χ3v) is 3.70. The number of furan rings is 1. The second kappa shape index (κ2) is 4.20. The molecule has 1 aromatic heterocycles. The van der Waals surface area contributed by atoms with Crippen LogP contribution in [0.2, 0.25) is 0 Å². The molecule has 0 bridgehead atoms. The second-order valence-corrected chi connectivity index (χ2v) is 6.24. The zero-order valence-electron chi connectivity index (χ0n) is 11.7. The summed E-state index contributed by atoms with van der Waals surface area (Å²) in [5.74, 6) is -1.41. The molecule has 1 aromatic carbocycles. The minimum absolute atomic E-state index is 0.0787. The average molecular weight is 272 g/mol. The van der Waals surface area contributed by atoms with Crippen molar-refractivity contribution in [3.05, 3.63) is 35.8 Å². The molecule has 104 valence electrons. The monoisotopic (exact) mass is 272 g/mol. The van der Waals surface area contributed by atoms with Crippen LogP contribution in [0.15, 0.2) is 29.1 Å². The van der Waals surface area contributed by atoms with Gasteiger partial charge in [-0.1, -0.05) is 26.8 Å². The molecular weight excluding hydrogens is 256 g/mol. The van der Waals surface area contributed by atoms with Crippen molar-refractivity contribution in [2.45, 2.75) is 38.5 Å². The molecule has 1 aliphatic rings. The SMILES string of the molecule is CC(C)(C)c1cc(C2CC(=O)OC2=O)cc2cocc12. The van der Waals surface area contributed by atoms with Gasteiger partial charge in [0.1, 0.15) is 0 Å². The first-order valence-electron chi connectivity index (χ1n) is 6.61. The fraction of sp³-hybridized carbons (Fsp3) is 0.375. The van der Waals surface area contributed by atoms with Crippen molar-refractivity contribution < 1.29 is 18.7 Å². The van der Waals surface area contributed by atoms with E-state index in [1.165, 1.54) is 0 Å². The smallest absolute Gasteiger partial charge is 0.321 e. The number of carbonyl (C=O) groups excluding carboxylic acids is 2. The standard InChI is InChI=1S/C16H16O4/c1-16(2,3)13-5-9(4-10-7-19-8-12(10)13)11-6-14(17)20-15(11)18/h4-5,7-8,11H,6H2,1-3H3. The summed E-state index contributed by atoms with van der Waals surface area (Å²) in [5.41, 5.74) is 1.84. The van der Waals surface area contributed by atoms with E-state index >= 15 is 0 Å². The lowest BCUT2D eigenvalue weighted by Gasteiger charge is -2.21. The molecule has 0 spiro atoms. The third-order valence-electron chi connectivity index (χ3n) is 3.70. The van der Waals surface area contributed by atoms with Gasteiger partial charge in [0.15, 0.2) is 0 Å². The Hall–Kier alpha value is -2.10. The Labute approximate surface area is 116 Å². The van der Waals surface area contributed by atoms with Crippen molar-refractivity contribution in [2.24, 2.45) is 0 Å². The largest absolute Gasteiger partial charge is 0.471 e. The maximum Gasteiger partial charge on any atom is 0.321 e. The number of cyclic esters (lactones) is 2. The van der Waals surface area contributed by atoms with Crippen molar-refractivity contribution in [2.75, 3.05) is 0 Å². The maximum absolute atomic E-state index is 11.8. The molecule has 0 saturated carbocycles. The first kappa shape index (κ1) is 12.9. The fourth-order valence-corrected chi connectivity index (χ4v) is 2.65. The highest BCUT2D eigenvalue weighted by atomic mass is 16.6. The van der Waals surface area contributed by atoms with E-state index in [2.05, 4.69) is 25.5 Å². The van der Waals surface area contributed by atoms with Gasteiger partial charge in [0.2, 0.25) is 0 Å². The number of esters is 2. The molecule has 1 saturated heterocycles. The van der Waals surface area contributed by atoms with Gasteiger partial charge in [0.05, 0.1) is 24.9 Å². The molecule has 1 unspecified atom stereocenters. The summed E-state index contributed by atoms with van der Waals surface area (Å²) in [7, 11) is 0. The van der Waals surface area contributed by atoms with E-state index in [0.717, 1.165) is 21.9 Å². The first-order valence-corrected chi connectivity index (χ1v) is 6.61. The highest BCUT2D eigenvalue weighted by Gasteiger charge is 2.35. The van der Waals surface area contributed by atoms with Gasteiger partial charge in [-0.3, -0.25) is 9.59 Å². The number of rotatable bonds is 1. The van der Waals surface area contributed by atoms with E-state index in [0.29, 0.717) is 0 Å². The molecule has 1 aliphatic heterocycles. The molecule has 1 fully saturated rings. The van der Waals surface area contributed by atoms with Crippen molar-refractivity contribution in [1.82, 2.24) is 0 Å². The van der Waals surface area contributed by atoms with Crippen molar-refractivity contribution in [1.29, 1.82) is 0 Å². The van der Waals surface area contributed by atoms with Crippen LogP contribution in [0.3, 0.4) is 0 Å². The van der Waals surface area contributed by atoms with Gasteiger partial charge in [-0.25, -0.2) is 0 Å². The van der Waals surface area contributed by atoms with E-state index < -0.39 is 17.9 Å². The Morgan fingerprint density at radius 3 is 2.50 bits per heavy atom. The molecule has 3 rings (SSSR count). The molecule has 2 heterocycles. The van der Waals surface area contributed by atoms with Crippen LogP contribution < -0.4 is 0 Å². The summed E-state index contributed by atoms with van der Waals surface area (Å²) in [5, 5.41) is 1.98. The fourth-order valence-electron chi connectivity index (χ4n) is 2.65. The number of hydrogen-bond acceptors (Lipinski definition) is 4. The molecule has 20 heavy (non-hydrogen) atoms. The van der Waals surface area contributed by atoms with Crippen LogP contribution in [0.5, 0.6) is 0 Å². The van der Waals surface area contributed by atoms with Crippen molar-refractivity contribution >= 4 is 22.7 Å². The van der Waals surface area contributed by atoms with Gasteiger partial charge in [0, 0.05) is 10.8 Å². The van der Waals surface area contributed by atoms with Crippen LogP contribution in [0.4, 0.5) is 0 Å². The van der Waals surface area contributed by atoms with Crippen molar-refractivity contribution in [3.8, 4) is 0 Å². The van der Waals surface area contributed by atoms with Gasteiger partial charge >= 0.3 is 11.9 Å². The number of ether oxygens (including phenoxy) is 1. The van der Waals surface area contributed by atoms with Gasteiger partial charge in [-0.2, -0.15) is 0 Å². The number of fused-ring (bicyclic) bond motifs is 1. The minimum Gasteiger partial charge on any atom is -0.471 e. The highest BCUT2D eigenvalue weighted by Crippen LogP contribution is 2.36. The predicted octanol–water partition coefficient (Wildman–Crippen LogP) is 3.29. The average Bonchev–Trinajstić information content (AvgIpc) is 2.92. The Kier molecular flexibility index (Phi) is 2.71. The first-order chi connectivity index (χ1) is 9.36. The maximum atomic E-state index is 11.8. The van der Waals surface area contributed by atoms with Gasteiger partial charge in [-0.15, -0.1) is 0 Å². The highest BCUT2D eigenvalue weighted by molar-refractivity contribution is 5.99. The lowest BCUT2D eigenvalue weighted by molar-refractivity contribution is -0.152. The normalized spacial score (nSPS) is 19.6. The molecule has 2 aromatic rings. The van der Waals surface area contributed by atoms with Crippen LogP contribution in [0.25, 0.3) is 10.8 Å². The van der Waals surface area contributed by atoms with Gasteiger partial charge < -0.3 is 9.15 Å². The van der Waals surface area contributed by atoms with E-state index in [4.69, 9.17) is 4.42 Å². The molecule has 0 N–H and O–H groups in total. The predicted molar refractivity (Wildman–Crippen MR) is 73.4 cm³/mol. The molecule has 1 atom stereocenters. The van der Waals surface area contributed by atoms with Crippen molar-refractivity contribution in [3.63, 3.8) is 0 Å². The lowest BCUT2D eigenvalue weighted by atomic mass is 9.82. The summed E-state index contributed by atoms with van der Waals surface area (Å²) in [4.78, 5) is 23.0. The Balaban J connectivity index is 2.18. The Morgan fingerprint density at radius 2 is 1.90 bits per heavy atom. The third kappa shape index (κ3) is 2.01. The van der Waals surface area contributed by atoms with E-state index in [-0.39, 0.29) is 11.8 Å². The van der Waals surface area contributed by atoms with Crippen LogP contribution in [0.1, 0.15) is 44.2 Å². The van der Waals surface area contributed by atoms with E-state index in [1.54, 1.807) is 12.5 Å². The summed E-state index contributed by atoms with van der Waals surface area (Å²) in [6.07, 6.45) is 3.50. The molecule has 0 amide bonds. The summed E-state index contributed by atoms with van der Waals surface area (Å²) >= 11 is 0. The molecule has 4 nitrogen and oxygen atoms in total. The Morgan fingerprint density at radius 1 is 1.15 bits per heavy atom. The molecule has 0 radical (unpaired) electrons. The topological polar surface area (TPSA) is 56.5 Å². The van der Waals surface area contributed by atoms with Gasteiger partial charge in [0.25, 0.3) is 0 Å². The minimum atomic E-state index is -0.497. The summed E-state index contributed by atoms with van der Waals surface area (Å²) in [6, 6.07) is 3.89. The van der Waals surface area contributed by atoms with Gasteiger partial charge in [-0.05, 0) is 22.6 Å².